The predicted molar refractivity (Wildman–Crippen MR) is 75.4 cm³/mol. The van der Waals surface area contributed by atoms with E-state index in [0.717, 1.165) is 11.3 Å². The van der Waals surface area contributed by atoms with Crippen LogP contribution < -0.4 is 0 Å². The van der Waals surface area contributed by atoms with Crippen molar-refractivity contribution in [1.82, 2.24) is 4.90 Å². The summed E-state index contributed by atoms with van der Waals surface area (Å²) in [7, 11) is 1.77. The molecular weight excluding hydrogens is 262 g/mol. The molecule has 0 radical (unpaired) electrons. The number of nitrogens with zero attached hydrogens (tertiary/aromatic N) is 1. The summed E-state index contributed by atoms with van der Waals surface area (Å²) in [5.74, 6) is 1.35. The lowest BCUT2D eigenvalue weighted by Gasteiger charge is -2.17. The van der Waals surface area contributed by atoms with Gasteiger partial charge in [0.05, 0.1) is 5.56 Å². The molecule has 0 atom stereocenters. The zero-order valence-electron chi connectivity index (χ0n) is 11.2. The molecule has 0 spiro atoms. The van der Waals surface area contributed by atoms with Gasteiger partial charge in [0.25, 0.3) is 5.91 Å². The first-order valence-corrected chi connectivity index (χ1v) is 6.42. The minimum absolute atomic E-state index is 0.0469. The molecule has 3 nitrogen and oxygen atoms in total. The lowest BCUT2D eigenvalue weighted by atomic mass is 10.2. The molecule has 0 aliphatic heterocycles. The number of halogens is 1. The van der Waals surface area contributed by atoms with E-state index < -0.39 is 0 Å². The molecule has 0 saturated carbocycles. The van der Waals surface area contributed by atoms with E-state index in [1.165, 1.54) is 0 Å². The fourth-order valence-corrected chi connectivity index (χ4v) is 2.24. The molecule has 1 heterocycles. The van der Waals surface area contributed by atoms with Crippen molar-refractivity contribution in [3.8, 4) is 0 Å². The van der Waals surface area contributed by atoms with Crippen LogP contribution in [0.15, 0.2) is 34.7 Å². The van der Waals surface area contributed by atoms with Gasteiger partial charge in [-0.15, -0.1) is 0 Å². The fourth-order valence-electron chi connectivity index (χ4n) is 2.03. The van der Waals surface area contributed by atoms with Crippen molar-refractivity contribution in [3.05, 3.63) is 58.0 Å². The Labute approximate surface area is 117 Å². The molecule has 0 aliphatic rings. The van der Waals surface area contributed by atoms with Crippen LogP contribution in [0.5, 0.6) is 0 Å². The summed E-state index contributed by atoms with van der Waals surface area (Å²) in [6, 6.07) is 9.27. The lowest BCUT2D eigenvalue weighted by molar-refractivity contribution is 0.0783. The number of amides is 1. The highest BCUT2D eigenvalue weighted by Crippen LogP contribution is 2.17. The topological polar surface area (TPSA) is 33.5 Å². The highest BCUT2D eigenvalue weighted by atomic mass is 35.5. The SMILES string of the molecule is Cc1cc(C(=O)N(C)Cc2cccc(Cl)c2)c(C)o1. The average molecular weight is 278 g/mol. The van der Waals surface area contributed by atoms with Gasteiger partial charge < -0.3 is 9.32 Å². The average Bonchev–Trinajstić information content (AvgIpc) is 2.67. The molecule has 19 heavy (non-hydrogen) atoms. The zero-order chi connectivity index (χ0) is 14.0. The summed E-state index contributed by atoms with van der Waals surface area (Å²) in [5.41, 5.74) is 1.61. The molecule has 0 fully saturated rings. The van der Waals surface area contributed by atoms with Crippen LogP contribution in [0.2, 0.25) is 5.02 Å². The standard InChI is InChI=1S/C15H16ClNO2/c1-10-7-14(11(2)19-10)15(18)17(3)9-12-5-4-6-13(16)8-12/h4-8H,9H2,1-3H3. The smallest absolute Gasteiger partial charge is 0.257 e. The molecule has 4 heteroatoms. The van der Waals surface area contributed by atoms with Crippen LogP contribution in [0.3, 0.4) is 0 Å². The molecule has 0 unspecified atom stereocenters. The van der Waals surface area contributed by atoms with Crippen molar-refractivity contribution >= 4 is 17.5 Å². The molecule has 1 aromatic heterocycles. The van der Waals surface area contributed by atoms with Crippen LogP contribution in [0.1, 0.15) is 27.4 Å². The van der Waals surface area contributed by atoms with E-state index in [1.807, 2.05) is 31.2 Å². The van der Waals surface area contributed by atoms with Gasteiger partial charge in [-0.3, -0.25) is 4.79 Å². The van der Waals surface area contributed by atoms with E-state index in [9.17, 15) is 4.79 Å². The number of furan rings is 1. The minimum Gasteiger partial charge on any atom is -0.466 e. The molecule has 2 rings (SSSR count). The predicted octanol–water partition coefficient (Wildman–Crippen LogP) is 3.82. The number of hydrogen-bond donors (Lipinski definition) is 0. The molecule has 0 saturated heterocycles. The summed E-state index contributed by atoms with van der Waals surface area (Å²) < 4.78 is 5.39. The lowest BCUT2D eigenvalue weighted by Crippen LogP contribution is -2.26. The molecule has 2 aromatic rings. The van der Waals surface area contributed by atoms with Crippen molar-refractivity contribution in [2.75, 3.05) is 7.05 Å². The number of carbonyl (C=O) groups excluding carboxylic acids is 1. The van der Waals surface area contributed by atoms with Crippen molar-refractivity contribution in [1.29, 1.82) is 0 Å². The van der Waals surface area contributed by atoms with Crippen LogP contribution in [-0.2, 0) is 6.54 Å². The molecule has 100 valence electrons. The second kappa shape index (κ2) is 5.49. The fraction of sp³-hybridized carbons (Fsp3) is 0.267. The Morgan fingerprint density at radius 2 is 2.05 bits per heavy atom. The van der Waals surface area contributed by atoms with Crippen LogP contribution in [-0.4, -0.2) is 17.9 Å². The molecule has 0 N–H and O–H groups in total. The second-order valence-corrected chi connectivity index (χ2v) is 5.05. The Hall–Kier alpha value is -1.74. The quantitative estimate of drug-likeness (QED) is 0.854. The summed E-state index contributed by atoms with van der Waals surface area (Å²) in [6.45, 7) is 4.15. The maximum atomic E-state index is 12.3. The Morgan fingerprint density at radius 1 is 1.32 bits per heavy atom. The third-order valence-electron chi connectivity index (χ3n) is 2.93. The molecule has 1 amide bonds. The van der Waals surface area contributed by atoms with Crippen molar-refractivity contribution < 1.29 is 9.21 Å². The van der Waals surface area contributed by atoms with E-state index >= 15 is 0 Å². The zero-order valence-corrected chi connectivity index (χ0v) is 12.0. The molecule has 0 bridgehead atoms. The molecular formula is C15H16ClNO2. The maximum Gasteiger partial charge on any atom is 0.257 e. The van der Waals surface area contributed by atoms with Gasteiger partial charge in [0.1, 0.15) is 11.5 Å². The number of benzene rings is 1. The monoisotopic (exact) mass is 277 g/mol. The van der Waals surface area contributed by atoms with Gasteiger partial charge in [0.15, 0.2) is 0 Å². The van der Waals surface area contributed by atoms with E-state index in [4.69, 9.17) is 16.0 Å². The van der Waals surface area contributed by atoms with Gasteiger partial charge in [-0.25, -0.2) is 0 Å². The first kappa shape index (κ1) is 13.7. The molecule has 1 aromatic carbocycles. The van der Waals surface area contributed by atoms with Gasteiger partial charge >= 0.3 is 0 Å². The van der Waals surface area contributed by atoms with Gasteiger partial charge in [0, 0.05) is 18.6 Å². The highest BCUT2D eigenvalue weighted by molar-refractivity contribution is 6.30. The van der Waals surface area contributed by atoms with E-state index in [0.29, 0.717) is 22.9 Å². The Balaban J connectivity index is 2.14. The van der Waals surface area contributed by atoms with Crippen LogP contribution >= 0.6 is 11.6 Å². The van der Waals surface area contributed by atoms with E-state index in [-0.39, 0.29) is 5.91 Å². The van der Waals surface area contributed by atoms with Gasteiger partial charge in [-0.1, -0.05) is 23.7 Å². The number of aryl methyl sites for hydroxylation is 2. The van der Waals surface area contributed by atoms with Crippen molar-refractivity contribution in [3.63, 3.8) is 0 Å². The maximum absolute atomic E-state index is 12.3. The summed E-state index contributed by atoms with van der Waals surface area (Å²) in [5, 5.41) is 0.675. The van der Waals surface area contributed by atoms with Crippen LogP contribution in [0.25, 0.3) is 0 Å². The van der Waals surface area contributed by atoms with Gasteiger partial charge in [-0.2, -0.15) is 0 Å². The summed E-state index contributed by atoms with van der Waals surface area (Å²) in [4.78, 5) is 14.0. The third-order valence-corrected chi connectivity index (χ3v) is 3.16. The highest BCUT2D eigenvalue weighted by Gasteiger charge is 2.17. The van der Waals surface area contributed by atoms with E-state index in [1.54, 1.807) is 24.9 Å². The minimum atomic E-state index is -0.0469. The van der Waals surface area contributed by atoms with E-state index in [2.05, 4.69) is 0 Å². The first-order chi connectivity index (χ1) is 8.97. The summed E-state index contributed by atoms with van der Waals surface area (Å²) >= 11 is 5.93. The number of carbonyl (C=O) groups is 1. The first-order valence-electron chi connectivity index (χ1n) is 6.04. The van der Waals surface area contributed by atoms with Crippen LogP contribution in [0, 0.1) is 13.8 Å². The Kier molecular flexibility index (Phi) is 3.96. The second-order valence-electron chi connectivity index (χ2n) is 4.62. The molecule has 0 aliphatic carbocycles. The largest absolute Gasteiger partial charge is 0.466 e. The van der Waals surface area contributed by atoms with Gasteiger partial charge in [-0.05, 0) is 37.6 Å². The Bertz CT molecular complexity index is 604. The number of hydrogen-bond acceptors (Lipinski definition) is 2. The normalized spacial score (nSPS) is 10.5. The van der Waals surface area contributed by atoms with Gasteiger partial charge in [0.2, 0.25) is 0 Å². The van der Waals surface area contributed by atoms with Crippen molar-refractivity contribution in [2.45, 2.75) is 20.4 Å². The van der Waals surface area contributed by atoms with Crippen molar-refractivity contribution in [2.24, 2.45) is 0 Å². The third kappa shape index (κ3) is 3.18. The number of rotatable bonds is 3. The Morgan fingerprint density at radius 3 is 2.63 bits per heavy atom. The van der Waals surface area contributed by atoms with Crippen LogP contribution in [0.4, 0.5) is 0 Å². The summed E-state index contributed by atoms with van der Waals surface area (Å²) in [6.07, 6.45) is 0.